The number of H-pyrrole nitrogens is 1. The van der Waals surface area contributed by atoms with Gasteiger partial charge >= 0.3 is 0 Å². The monoisotopic (exact) mass is 432 g/mol. The van der Waals surface area contributed by atoms with Crippen LogP contribution in [0.25, 0.3) is 22.6 Å². The van der Waals surface area contributed by atoms with E-state index in [-0.39, 0.29) is 5.56 Å². The molecule has 0 saturated carbocycles. The van der Waals surface area contributed by atoms with Crippen molar-refractivity contribution < 1.29 is 4.74 Å². The van der Waals surface area contributed by atoms with E-state index in [1.807, 2.05) is 24.3 Å². The standard InChI is InChI=1S/C22H20N6O2S/c1-30-16-4-2-14(3-5-16)19-12-31-20(25-19)11-28-7-6-18-17(10-28)22(29)27-21(26-18)15-8-23-13-24-9-15/h2-5,8-9,12-13H,6-7,10-11H2,1H3,(H,26,27,29). The van der Waals surface area contributed by atoms with Crippen molar-refractivity contribution in [3.05, 3.63) is 75.0 Å². The Morgan fingerprint density at radius 2 is 1.94 bits per heavy atom. The number of hydrogen-bond donors (Lipinski definition) is 1. The third-order valence-corrected chi connectivity index (χ3v) is 6.11. The summed E-state index contributed by atoms with van der Waals surface area (Å²) in [7, 11) is 1.66. The van der Waals surface area contributed by atoms with Gasteiger partial charge in [0.25, 0.3) is 5.56 Å². The van der Waals surface area contributed by atoms with Gasteiger partial charge in [0.15, 0.2) is 0 Å². The van der Waals surface area contributed by atoms with Crippen LogP contribution in [0.2, 0.25) is 0 Å². The largest absolute Gasteiger partial charge is 0.497 e. The highest BCUT2D eigenvalue weighted by molar-refractivity contribution is 7.09. The second-order valence-electron chi connectivity index (χ2n) is 7.28. The first kappa shape index (κ1) is 19.5. The molecule has 1 N–H and O–H groups in total. The Morgan fingerprint density at radius 1 is 1.13 bits per heavy atom. The number of nitrogens with zero attached hydrogens (tertiary/aromatic N) is 5. The topological polar surface area (TPSA) is 96.9 Å². The molecule has 4 heterocycles. The maximum Gasteiger partial charge on any atom is 0.255 e. The number of methoxy groups -OCH3 is 1. The van der Waals surface area contributed by atoms with Crippen LogP contribution in [0.15, 0.2) is 53.2 Å². The quantitative estimate of drug-likeness (QED) is 0.518. The lowest BCUT2D eigenvalue weighted by molar-refractivity contribution is 0.241. The van der Waals surface area contributed by atoms with E-state index in [2.05, 4.69) is 30.2 Å². The van der Waals surface area contributed by atoms with Crippen molar-refractivity contribution in [3.63, 3.8) is 0 Å². The third kappa shape index (κ3) is 4.10. The molecular formula is C22H20N6O2S. The molecule has 0 amide bonds. The van der Waals surface area contributed by atoms with Gasteiger partial charge < -0.3 is 9.72 Å². The molecule has 1 aliphatic rings. The van der Waals surface area contributed by atoms with Gasteiger partial charge in [0.1, 0.15) is 22.9 Å². The van der Waals surface area contributed by atoms with E-state index in [0.717, 1.165) is 46.2 Å². The summed E-state index contributed by atoms with van der Waals surface area (Å²) >= 11 is 1.63. The minimum atomic E-state index is -0.105. The summed E-state index contributed by atoms with van der Waals surface area (Å²) in [6, 6.07) is 7.89. The van der Waals surface area contributed by atoms with Gasteiger partial charge in [0.2, 0.25) is 0 Å². The van der Waals surface area contributed by atoms with Crippen molar-refractivity contribution in [1.82, 2.24) is 29.8 Å². The van der Waals surface area contributed by atoms with E-state index in [1.165, 1.54) is 6.33 Å². The highest BCUT2D eigenvalue weighted by Crippen LogP contribution is 2.26. The Bertz CT molecular complexity index is 1250. The minimum Gasteiger partial charge on any atom is -0.497 e. The third-order valence-electron chi connectivity index (χ3n) is 5.28. The number of nitrogens with one attached hydrogen (secondary N) is 1. The summed E-state index contributed by atoms with van der Waals surface area (Å²) in [4.78, 5) is 35.3. The van der Waals surface area contributed by atoms with Gasteiger partial charge in [-0.3, -0.25) is 9.69 Å². The van der Waals surface area contributed by atoms with Crippen LogP contribution >= 0.6 is 11.3 Å². The number of hydrogen-bond acceptors (Lipinski definition) is 8. The molecule has 8 nitrogen and oxygen atoms in total. The van der Waals surface area contributed by atoms with Crippen LogP contribution in [0.4, 0.5) is 0 Å². The highest BCUT2D eigenvalue weighted by atomic mass is 32.1. The van der Waals surface area contributed by atoms with Crippen LogP contribution in [0.3, 0.4) is 0 Å². The van der Waals surface area contributed by atoms with Crippen LogP contribution in [0.5, 0.6) is 5.75 Å². The average Bonchev–Trinajstić information content (AvgIpc) is 3.28. The zero-order valence-corrected chi connectivity index (χ0v) is 17.7. The maximum atomic E-state index is 12.7. The van der Waals surface area contributed by atoms with Crippen molar-refractivity contribution in [1.29, 1.82) is 0 Å². The molecule has 0 fully saturated rings. The first-order valence-electron chi connectivity index (χ1n) is 9.88. The number of ether oxygens (including phenoxy) is 1. The molecule has 31 heavy (non-hydrogen) atoms. The zero-order chi connectivity index (χ0) is 21.2. The maximum absolute atomic E-state index is 12.7. The van der Waals surface area contributed by atoms with Gasteiger partial charge in [-0.25, -0.2) is 19.9 Å². The lowest BCUT2D eigenvalue weighted by Gasteiger charge is -2.26. The molecule has 9 heteroatoms. The molecule has 4 aromatic rings. The van der Waals surface area contributed by atoms with Crippen molar-refractivity contribution >= 4 is 11.3 Å². The van der Waals surface area contributed by atoms with Crippen LogP contribution in [0, 0.1) is 0 Å². The highest BCUT2D eigenvalue weighted by Gasteiger charge is 2.22. The molecule has 0 saturated heterocycles. The first-order chi connectivity index (χ1) is 15.2. The molecule has 5 rings (SSSR count). The molecule has 0 aliphatic carbocycles. The first-order valence-corrected chi connectivity index (χ1v) is 10.8. The Labute approximate surface area is 182 Å². The number of benzene rings is 1. The fourth-order valence-corrected chi connectivity index (χ4v) is 4.49. The van der Waals surface area contributed by atoms with Gasteiger partial charge in [-0.2, -0.15) is 0 Å². The van der Waals surface area contributed by atoms with Gasteiger partial charge in [-0.1, -0.05) is 0 Å². The predicted molar refractivity (Wildman–Crippen MR) is 118 cm³/mol. The zero-order valence-electron chi connectivity index (χ0n) is 16.9. The molecule has 3 aromatic heterocycles. The summed E-state index contributed by atoms with van der Waals surface area (Å²) in [5.41, 5.74) is 4.18. The minimum absolute atomic E-state index is 0.105. The van der Waals surface area contributed by atoms with E-state index in [4.69, 9.17) is 9.72 Å². The molecule has 156 valence electrons. The summed E-state index contributed by atoms with van der Waals surface area (Å²) in [5, 5.41) is 3.09. The summed E-state index contributed by atoms with van der Waals surface area (Å²) in [6.07, 6.45) is 5.47. The molecule has 0 spiro atoms. The van der Waals surface area contributed by atoms with Crippen LogP contribution in [-0.4, -0.2) is 43.5 Å². The molecule has 1 aliphatic heterocycles. The lowest BCUT2D eigenvalue weighted by Crippen LogP contribution is -2.35. The normalized spacial score (nSPS) is 13.7. The van der Waals surface area contributed by atoms with E-state index in [0.29, 0.717) is 24.5 Å². The van der Waals surface area contributed by atoms with Crippen molar-refractivity contribution in [2.75, 3.05) is 13.7 Å². The Morgan fingerprint density at radius 3 is 2.71 bits per heavy atom. The second-order valence-corrected chi connectivity index (χ2v) is 8.23. The van der Waals surface area contributed by atoms with Gasteiger partial charge in [0, 0.05) is 42.8 Å². The SMILES string of the molecule is COc1ccc(-c2csc(CN3CCc4nc(-c5cncnc5)[nH]c(=O)c4C3)n2)cc1. The average molecular weight is 433 g/mol. The Kier molecular flexibility index (Phi) is 5.27. The van der Waals surface area contributed by atoms with E-state index in [9.17, 15) is 4.79 Å². The predicted octanol–water partition coefficient (Wildman–Crippen LogP) is 2.92. The van der Waals surface area contributed by atoms with Crippen molar-refractivity contribution in [3.8, 4) is 28.4 Å². The number of thiazole rings is 1. The number of aromatic nitrogens is 5. The van der Waals surface area contributed by atoms with E-state index >= 15 is 0 Å². The molecule has 0 bridgehead atoms. The molecule has 0 atom stereocenters. The Hall–Kier alpha value is -3.43. The molecule has 0 unspecified atom stereocenters. The van der Waals surface area contributed by atoms with Crippen molar-refractivity contribution in [2.45, 2.75) is 19.5 Å². The summed E-state index contributed by atoms with van der Waals surface area (Å²) in [6.45, 7) is 2.08. The van der Waals surface area contributed by atoms with E-state index < -0.39 is 0 Å². The lowest BCUT2D eigenvalue weighted by atomic mass is 10.1. The second kappa shape index (κ2) is 8.37. The van der Waals surface area contributed by atoms with Crippen LogP contribution < -0.4 is 10.3 Å². The Balaban J connectivity index is 1.31. The number of rotatable bonds is 5. The van der Waals surface area contributed by atoms with Crippen LogP contribution in [0.1, 0.15) is 16.3 Å². The van der Waals surface area contributed by atoms with Crippen LogP contribution in [-0.2, 0) is 19.5 Å². The number of aromatic amines is 1. The van der Waals surface area contributed by atoms with E-state index in [1.54, 1.807) is 30.8 Å². The number of fused-ring (bicyclic) bond motifs is 1. The van der Waals surface area contributed by atoms with Gasteiger partial charge in [-0.05, 0) is 24.3 Å². The molecular weight excluding hydrogens is 412 g/mol. The van der Waals surface area contributed by atoms with Gasteiger partial charge in [-0.15, -0.1) is 11.3 Å². The molecule has 1 aromatic carbocycles. The van der Waals surface area contributed by atoms with Gasteiger partial charge in [0.05, 0.1) is 36.2 Å². The fourth-order valence-electron chi connectivity index (χ4n) is 3.64. The fraction of sp³-hybridized carbons (Fsp3) is 0.227. The summed E-state index contributed by atoms with van der Waals surface area (Å²) in [5.74, 6) is 1.34. The van der Waals surface area contributed by atoms with Crippen molar-refractivity contribution in [2.24, 2.45) is 0 Å². The summed E-state index contributed by atoms with van der Waals surface area (Å²) < 4.78 is 5.22. The smallest absolute Gasteiger partial charge is 0.255 e. The molecule has 0 radical (unpaired) electrons.